The summed E-state index contributed by atoms with van der Waals surface area (Å²) in [7, 11) is 0. The van der Waals surface area contributed by atoms with Crippen molar-refractivity contribution in [3.8, 4) is 0 Å². The summed E-state index contributed by atoms with van der Waals surface area (Å²) >= 11 is 0. The molecule has 0 saturated carbocycles. The van der Waals surface area contributed by atoms with Crippen molar-refractivity contribution in [3.63, 3.8) is 0 Å². The first kappa shape index (κ1) is 12.2. The van der Waals surface area contributed by atoms with E-state index in [0.29, 0.717) is 5.95 Å². The van der Waals surface area contributed by atoms with Crippen LogP contribution in [-0.2, 0) is 0 Å². The molecule has 92 valence electrons. The highest BCUT2D eigenvalue weighted by atomic mass is 15.3. The van der Waals surface area contributed by atoms with Gasteiger partial charge in [0.2, 0.25) is 5.95 Å². The molecule has 0 bridgehead atoms. The number of hydrogen-bond acceptors (Lipinski definition) is 4. The van der Waals surface area contributed by atoms with Crippen molar-refractivity contribution in [2.75, 3.05) is 5.43 Å². The zero-order valence-corrected chi connectivity index (χ0v) is 10.8. The summed E-state index contributed by atoms with van der Waals surface area (Å²) in [6, 6.07) is 10.0. The molecule has 0 spiro atoms. The number of aryl methyl sites for hydroxylation is 3. The zero-order chi connectivity index (χ0) is 13.0. The van der Waals surface area contributed by atoms with Crippen LogP contribution in [0.15, 0.2) is 35.4 Å². The van der Waals surface area contributed by atoms with Crippen molar-refractivity contribution in [2.24, 2.45) is 5.10 Å². The van der Waals surface area contributed by atoms with Gasteiger partial charge in [-0.15, -0.1) is 0 Å². The van der Waals surface area contributed by atoms with Crippen molar-refractivity contribution in [3.05, 3.63) is 52.8 Å². The smallest absolute Gasteiger partial charge is 0.243 e. The van der Waals surface area contributed by atoms with Gasteiger partial charge in [-0.3, -0.25) is 0 Å². The molecule has 0 aliphatic carbocycles. The molecule has 1 heterocycles. The fourth-order valence-corrected chi connectivity index (χ4v) is 1.69. The summed E-state index contributed by atoms with van der Waals surface area (Å²) in [5, 5.41) is 4.14. The maximum atomic E-state index is 4.25. The lowest BCUT2D eigenvalue weighted by Gasteiger charge is -2.01. The van der Waals surface area contributed by atoms with Crippen LogP contribution < -0.4 is 5.43 Å². The van der Waals surface area contributed by atoms with Crippen LogP contribution in [0.2, 0.25) is 0 Å². The standard InChI is InChI=1S/C14H16N4/c1-10-5-4-6-13(7-10)9-15-18-14-16-11(2)8-12(3)17-14/h4-9H,1-3H3,(H,16,17,18)/b15-9-. The van der Waals surface area contributed by atoms with Gasteiger partial charge in [0.15, 0.2) is 0 Å². The van der Waals surface area contributed by atoms with Crippen molar-refractivity contribution in [1.29, 1.82) is 0 Å². The van der Waals surface area contributed by atoms with Gasteiger partial charge in [-0.2, -0.15) is 5.10 Å². The molecule has 1 N–H and O–H groups in total. The lowest BCUT2D eigenvalue weighted by atomic mass is 10.2. The maximum Gasteiger partial charge on any atom is 0.243 e. The van der Waals surface area contributed by atoms with Gasteiger partial charge in [-0.05, 0) is 32.4 Å². The average Bonchev–Trinajstić information content (AvgIpc) is 2.27. The van der Waals surface area contributed by atoms with Crippen LogP contribution in [-0.4, -0.2) is 16.2 Å². The molecule has 2 rings (SSSR count). The Balaban J connectivity index is 2.07. The first-order valence-corrected chi connectivity index (χ1v) is 5.81. The summed E-state index contributed by atoms with van der Waals surface area (Å²) in [5.74, 6) is 0.524. The predicted octanol–water partition coefficient (Wildman–Crippen LogP) is 2.85. The molecule has 1 aromatic heterocycles. The Morgan fingerprint density at radius 1 is 1.06 bits per heavy atom. The van der Waals surface area contributed by atoms with Gasteiger partial charge >= 0.3 is 0 Å². The largest absolute Gasteiger partial charge is 0.245 e. The molecule has 18 heavy (non-hydrogen) atoms. The number of hydrazone groups is 1. The third kappa shape index (κ3) is 3.38. The minimum atomic E-state index is 0.524. The van der Waals surface area contributed by atoms with Crippen LogP contribution in [0.1, 0.15) is 22.5 Å². The zero-order valence-electron chi connectivity index (χ0n) is 10.8. The van der Waals surface area contributed by atoms with Gasteiger partial charge in [0.25, 0.3) is 0 Å². The Bertz CT molecular complexity index is 556. The van der Waals surface area contributed by atoms with Crippen LogP contribution in [0.3, 0.4) is 0 Å². The topological polar surface area (TPSA) is 50.2 Å². The molecule has 2 aromatic rings. The molecule has 0 amide bonds. The van der Waals surface area contributed by atoms with E-state index in [-0.39, 0.29) is 0 Å². The molecule has 4 nitrogen and oxygen atoms in total. The van der Waals surface area contributed by atoms with E-state index in [0.717, 1.165) is 17.0 Å². The van der Waals surface area contributed by atoms with Crippen molar-refractivity contribution in [1.82, 2.24) is 9.97 Å². The Morgan fingerprint density at radius 2 is 1.78 bits per heavy atom. The SMILES string of the molecule is Cc1cccc(/C=N\Nc2nc(C)cc(C)n2)c1. The molecular formula is C14H16N4. The van der Waals surface area contributed by atoms with Gasteiger partial charge < -0.3 is 0 Å². The summed E-state index contributed by atoms with van der Waals surface area (Å²) in [4.78, 5) is 8.49. The first-order valence-electron chi connectivity index (χ1n) is 5.81. The molecule has 0 aliphatic rings. The van der Waals surface area contributed by atoms with E-state index in [9.17, 15) is 0 Å². The lowest BCUT2D eigenvalue weighted by Crippen LogP contribution is -1.99. The minimum absolute atomic E-state index is 0.524. The van der Waals surface area contributed by atoms with E-state index in [1.165, 1.54) is 5.56 Å². The van der Waals surface area contributed by atoms with Gasteiger partial charge in [-0.1, -0.05) is 29.8 Å². The van der Waals surface area contributed by atoms with Crippen molar-refractivity contribution >= 4 is 12.2 Å². The summed E-state index contributed by atoms with van der Waals surface area (Å²) in [6.07, 6.45) is 1.76. The Labute approximate surface area is 107 Å². The van der Waals surface area contributed by atoms with Crippen LogP contribution in [0.4, 0.5) is 5.95 Å². The normalized spacial score (nSPS) is 10.8. The Kier molecular flexibility index (Phi) is 3.67. The fourth-order valence-electron chi connectivity index (χ4n) is 1.69. The summed E-state index contributed by atoms with van der Waals surface area (Å²) in [6.45, 7) is 5.92. The summed E-state index contributed by atoms with van der Waals surface area (Å²) < 4.78 is 0. The molecule has 0 atom stereocenters. The van der Waals surface area contributed by atoms with E-state index in [2.05, 4.69) is 39.6 Å². The highest BCUT2D eigenvalue weighted by Crippen LogP contribution is 2.04. The van der Waals surface area contributed by atoms with Gasteiger partial charge in [-0.25, -0.2) is 15.4 Å². The third-order valence-corrected chi connectivity index (χ3v) is 2.40. The molecular weight excluding hydrogens is 224 g/mol. The average molecular weight is 240 g/mol. The minimum Gasteiger partial charge on any atom is -0.245 e. The van der Waals surface area contributed by atoms with E-state index in [1.54, 1.807) is 6.21 Å². The second-order valence-corrected chi connectivity index (χ2v) is 4.26. The number of nitrogens with one attached hydrogen (secondary N) is 1. The van der Waals surface area contributed by atoms with Crippen molar-refractivity contribution < 1.29 is 0 Å². The third-order valence-electron chi connectivity index (χ3n) is 2.40. The Hall–Kier alpha value is -2.23. The van der Waals surface area contributed by atoms with E-state index < -0.39 is 0 Å². The van der Waals surface area contributed by atoms with E-state index in [1.807, 2.05) is 32.0 Å². The molecule has 0 fully saturated rings. The maximum absolute atomic E-state index is 4.25. The molecule has 0 saturated heterocycles. The quantitative estimate of drug-likeness (QED) is 0.663. The monoisotopic (exact) mass is 240 g/mol. The highest BCUT2D eigenvalue weighted by Gasteiger charge is 1.96. The molecule has 0 radical (unpaired) electrons. The van der Waals surface area contributed by atoms with Crippen LogP contribution in [0, 0.1) is 20.8 Å². The number of benzene rings is 1. The van der Waals surface area contributed by atoms with Crippen molar-refractivity contribution in [2.45, 2.75) is 20.8 Å². The number of nitrogens with zero attached hydrogens (tertiary/aromatic N) is 3. The number of hydrogen-bond donors (Lipinski definition) is 1. The molecule has 0 unspecified atom stereocenters. The first-order chi connectivity index (χ1) is 8.63. The fraction of sp³-hybridized carbons (Fsp3) is 0.214. The lowest BCUT2D eigenvalue weighted by molar-refractivity contribution is 1.04. The van der Waals surface area contributed by atoms with E-state index in [4.69, 9.17) is 0 Å². The predicted molar refractivity (Wildman–Crippen MR) is 73.9 cm³/mol. The molecule has 1 aromatic carbocycles. The van der Waals surface area contributed by atoms with Gasteiger partial charge in [0.1, 0.15) is 0 Å². The van der Waals surface area contributed by atoms with Crippen LogP contribution >= 0.6 is 0 Å². The van der Waals surface area contributed by atoms with Gasteiger partial charge in [0.05, 0.1) is 6.21 Å². The van der Waals surface area contributed by atoms with Gasteiger partial charge in [0, 0.05) is 11.4 Å². The van der Waals surface area contributed by atoms with Crippen LogP contribution in [0.25, 0.3) is 0 Å². The number of rotatable bonds is 3. The second kappa shape index (κ2) is 5.40. The number of anilines is 1. The molecule has 0 aliphatic heterocycles. The Morgan fingerprint density at radius 3 is 2.44 bits per heavy atom. The van der Waals surface area contributed by atoms with E-state index >= 15 is 0 Å². The summed E-state index contributed by atoms with van der Waals surface area (Å²) in [5.41, 5.74) is 6.95. The second-order valence-electron chi connectivity index (χ2n) is 4.26. The highest BCUT2D eigenvalue weighted by molar-refractivity contribution is 5.80. The number of aromatic nitrogens is 2. The molecule has 4 heteroatoms. The van der Waals surface area contributed by atoms with Crippen LogP contribution in [0.5, 0.6) is 0 Å².